The number of phenolic OH excluding ortho intramolecular Hbond substituents is 2. The molecule has 0 atom stereocenters. The summed E-state index contributed by atoms with van der Waals surface area (Å²) in [6.07, 6.45) is 0.773. The molecule has 0 radical (unpaired) electrons. The zero-order valence-corrected chi connectivity index (χ0v) is 25.9. The molecule has 2 N–H and O–H groups in total. The van der Waals surface area contributed by atoms with Gasteiger partial charge in [-0.25, -0.2) is 19.6 Å². The van der Waals surface area contributed by atoms with Crippen LogP contribution in [-0.2, 0) is 22.3 Å². The zero-order chi connectivity index (χ0) is 29.9. The summed E-state index contributed by atoms with van der Waals surface area (Å²) < 4.78 is 10.5. The molecule has 2 aromatic carbocycles. The van der Waals surface area contributed by atoms with E-state index in [1.807, 2.05) is 22.6 Å². The van der Waals surface area contributed by atoms with E-state index in [4.69, 9.17) is 32.7 Å². The molecule has 0 bridgehead atoms. The van der Waals surface area contributed by atoms with Gasteiger partial charge in [-0.05, 0) is 91.0 Å². The SMILES string of the molecule is CCOC(=O)c1cccc(Cc2cc(Cl)cc(I)c2O)n1.CCOC(=O)c1cccc(Cc2cc(Cl)ccc2O)n1. The first kappa shape index (κ1) is 32.1. The standard InChI is InChI=1S/C15H13ClINO3.C15H14ClNO3/c1-2-21-15(20)13-5-3-4-11(18-13)7-9-6-10(16)8-12(17)14(9)19;1-2-20-15(19)13-5-3-4-12(17-13)9-10-8-11(16)6-7-14(10)18/h3-6,8,19H,2,7H2,1H3;3-8,18H,2,9H2,1H3. The number of hydrogen-bond donors (Lipinski definition) is 2. The van der Waals surface area contributed by atoms with Crippen molar-refractivity contribution in [3.63, 3.8) is 0 Å². The second-order valence-corrected chi connectivity index (χ2v) is 10.5. The fourth-order valence-corrected chi connectivity index (χ4v) is 4.93. The predicted molar refractivity (Wildman–Crippen MR) is 165 cm³/mol. The highest BCUT2D eigenvalue weighted by Crippen LogP contribution is 2.30. The lowest BCUT2D eigenvalue weighted by molar-refractivity contribution is 0.0510. The average Bonchev–Trinajstić information content (AvgIpc) is 2.94. The minimum atomic E-state index is -0.454. The third kappa shape index (κ3) is 9.58. The zero-order valence-electron chi connectivity index (χ0n) is 22.2. The number of halogens is 3. The van der Waals surface area contributed by atoms with Crippen LogP contribution in [0.4, 0.5) is 0 Å². The molecular formula is C30H27Cl2IN2O6. The molecule has 11 heteroatoms. The molecule has 8 nitrogen and oxygen atoms in total. The molecule has 4 rings (SSSR count). The number of nitrogens with zero attached hydrogens (tertiary/aromatic N) is 2. The predicted octanol–water partition coefficient (Wildman–Crippen LogP) is 7.02. The lowest BCUT2D eigenvalue weighted by Gasteiger charge is -2.08. The topological polar surface area (TPSA) is 119 Å². The van der Waals surface area contributed by atoms with Crippen LogP contribution in [0.25, 0.3) is 0 Å². The molecule has 0 saturated heterocycles. The van der Waals surface area contributed by atoms with E-state index in [0.717, 1.165) is 0 Å². The van der Waals surface area contributed by atoms with E-state index >= 15 is 0 Å². The van der Waals surface area contributed by atoms with E-state index < -0.39 is 11.9 Å². The second kappa shape index (κ2) is 15.6. The van der Waals surface area contributed by atoms with Gasteiger partial charge in [-0.1, -0.05) is 35.3 Å². The lowest BCUT2D eigenvalue weighted by atomic mass is 10.1. The Morgan fingerprint density at radius 1 is 0.756 bits per heavy atom. The van der Waals surface area contributed by atoms with Crippen molar-refractivity contribution in [1.29, 1.82) is 0 Å². The molecule has 0 aliphatic carbocycles. The van der Waals surface area contributed by atoms with Gasteiger partial charge in [0.25, 0.3) is 0 Å². The maximum Gasteiger partial charge on any atom is 0.356 e. The van der Waals surface area contributed by atoms with Crippen LogP contribution in [0, 0.1) is 3.57 Å². The monoisotopic (exact) mass is 708 g/mol. The molecule has 0 aliphatic rings. The molecule has 4 aromatic rings. The Morgan fingerprint density at radius 3 is 1.80 bits per heavy atom. The van der Waals surface area contributed by atoms with Crippen molar-refractivity contribution >= 4 is 57.7 Å². The van der Waals surface area contributed by atoms with Crippen LogP contribution < -0.4 is 0 Å². The van der Waals surface area contributed by atoms with Crippen LogP contribution in [0.5, 0.6) is 11.5 Å². The van der Waals surface area contributed by atoms with E-state index in [-0.39, 0.29) is 22.9 Å². The number of esters is 2. The van der Waals surface area contributed by atoms with E-state index in [2.05, 4.69) is 9.97 Å². The number of pyridine rings is 2. The fraction of sp³-hybridized carbons (Fsp3) is 0.200. The van der Waals surface area contributed by atoms with Gasteiger partial charge in [0, 0.05) is 45.4 Å². The maximum absolute atomic E-state index is 11.7. The summed E-state index contributed by atoms with van der Waals surface area (Å²) in [5, 5.41) is 20.9. The van der Waals surface area contributed by atoms with Crippen molar-refractivity contribution in [2.75, 3.05) is 13.2 Å². The lowest BCUT2D eigenvalue weighted by Crippen LogP contribution is -2.08. The van der Waals surface area contributed by atoms with Crippen molar-refractivity contribution in [3.05, 3.63) is 114 Å². The minimum Gasteiger partial charge on any atom is -0.508 e. The number of hydrogen-bond acceptors (Lipinski definition) is 8. The maximum atomic E-state index is 11.7. The largest absolute Gasteiger partial charge is 0.508 e. The molecule has 2 aromatic heterocycles. The number of carbonyl (C=O) groups excluding carboxylic acids is 2. The summed E-state index contributed by atoms with van der Waals surface area (Å²) in [6.45, 7) is 4.09. The van der Waals surface area contributed by atoms with Gasteiger partial charge >= 0.3 is 11.9 Å². The molecule has 41 heavy (non-hydrogen) atoms. The van der Waals surface area contributed by atoms with Crippen LogP contribution in [0.15, 0.2) is 66.7 Å². The number of aromatic nitrogens is 2. The highest BCUT2D eigenvalue weighted by atomic mass is 127. The number of ether oxygens (including phenoxy) is 2. The Labute approximate surface area is 261 Å². The Balaban J connectivity index is 0.000000226. The summed E-state index contributed by atoms with van der Waals surface area (Å²) in [4.78, 5) is 31.8. The molecule has 214 valence electrons. The highest BCUT2D eigenvalue weighted by Gasteiger charge is 2.13. The van der Waals surface area contributed by atoms with Gasteiger partial charge in [0.15, 0.2) is 0 Å². The smallest absolute Gasteiger partial charge is 0.356 e. The minimum absolute atomic E-state index is 0.151. The summed E-state index contributed by atoms with van der Waals surface area (Å²) in [7, 11) is 0. The quantitative estimate of drug-likeness (QED) is 0.148. The molecule has 0 amide bonds. The van der Waals surface area contributed by atoms with Gasteiger partial charge in [-0.2, -0.15) is 0 Å². The summed E-state index contributed by atoms with van der Waals surface area (Å²) in [5.74, 6) is -0.574. The summed E-state index contributed by atoms with van der Waals surface area (Å²) >= 11 is 13.9. The van der Waals surface area contributed by atoms with Crippen molar-refractivity contribution in [2.45, 2.75) is 26.7 Å². The molecule has 0 unspecified atom stereocenters. The Hall–Kier alpha value is -3.41. The first-order valence-electron chi connectivity index (χ1n) is 12.5. The number of carbonyl (C=O) groups is 2. The molecule has 2 heterocycles. The van der Waals surface area contributed by atoms with E-state index in [0.29, 0.717) is 62.2 Å². The van der Waals surface area contributed by atoms with Crippen LogP contribution >= 0.6 is 45.8 Å². The van der Waals surface area contributed by atoms with E-state index in [9.17, 15) is 19.8 Å². The average molecular weight is 709 g/mol. The summed E-state index contributed by atoms with van der Waals surface area (Å²) in [6, 6.07) is 18.4. The molecule has 0 spiro atoms. The van der Waals surface area contributed by atoms with E-state index in [1.165, 1.54) is 6.07 Å². The van der Waals surface area contributed by atoms with Crippen LogP contribution in [0.3, 0.4) is 0 Å². The van der Waals surface area contributed by atoms with Crippen LogP contribution in [0.2, 0.25) is 10.0 Å². The third-order valence-electron chi connectivity index (χ3n) is 5.47. The highest BCUT2D eigenvalue weighted by molar-refractivity contribution is 14.1. The van der Waals surface area contributed by atoms with Gasteiger partial charge in [0.05, 0.1) is 16.8 Å². The van der Waals surface area contributed by atoms with Gasteiger partial charge in [-0.3, -0.25) is 0 Å². The molecular weight excluding hydrogens is 682 g/mol. The molecule has 0 fully saturated rings. The van der Waals surface area contributed by atoms with E-state index in [1.54, 1.807) is 74.5 Å². The van der Waals surface area contributed by atoms with Gasteiger partial charge in [0.1, 0.15) is 22.9 Å². The Bertz CT molecular complexity index is 1530. The first-order valence-corrected chi connectivity index (χ1v) is 14.3. The number of rotatable bonds is 8. The Kier molecular flexibility index (Phi) is 12.2. The summed E-state index contributed by atoms with van der Waals surface area (Å²) in [5.41, 5.74) is 3.16. The molecule has 0 aliphatic heterocycles. The van der Waals surface area contributed by atoms with Gasteiger partial charge in [0.2, 0.25) is 0 Å². The third-order valence-corrected chi connectivity index (χ3v) is 6.75. The molecule has 0 saturated carbocycles. The first-order chi connectivity index (χ1) is 19.6. The number of aromatic hydroxyl groups is 2. The van der Waals surface area contributed by atoms with Crippen molar-refractivity contribution in [2.24, 2.45) is 0 Å². The van der Waals surface area contributed by atoms with Crippen molar-refractivity contribution in [1.82, 2.24) is 9.97 Å². The normalized spacial score (nSPS) is 10.4. The van der Waals surface area contributed by atoms with Gasteiger partial charge < -0.3 is 19.7 Å². The van der Waals surface area contributed by atoms with Crippen molar-refractivity contribution < 1.29 is 29.3 Å². The van der Waals surface area contributed by atoms with Crippen LogP contribution in [0.1, 0.15) is 57.3 Å². The second-order valence-electron chi connectivity index (χ2n) is 8.49. The Morgan fingerprint density at radius 2 is 1.27 bits per heavy atom. The fourth-order valence-electron chi connectivity index (χ4n) is 3.63. The van der Waals surface area contributed by atoms with Gasteiger partial charge in [-0.15, -0.1) is 0 Å². The van der Waals surface area contributed by atoms with Crippen molar-refractivity contribution in [3.8, 4) is 11.5 Å². The van der Waals surface area contributed by atoms with Crippen LogP contribution in [-0.4, -0.2) is 45.3 Å². The number of phenols is 2. The number of benzene rings is 2.